The summed E-state index contributed by atoms with van der Waals surface area (Å²) in [6, 6.07) is 0.319. The van der Waals surface area contributed by atoms with Gasteiger partial charge in [0, 0.05) is 18.1 Å². The first-order valence-electron chi connectivity index (χ1n) is 6.28. The smallest absolute Gasteiger partial charge is 0.173 e. The average molecular weight is 290 g/mol. The summed E-state index contributed by atoms with van der Waals surface area (Å²) >= 11 is 7.31. The van der Waals surface area contributed by atoms with Crippen molar-refractivity contribution in [1.82, 2.24) is 14.5 Å². The van der Waals surface area contributed by atoms with E-state index in [1.165, 1.54) is 24.4 Å². The van der Waals surface area contributed by atoms with Crippen molar-refractivity contribution in [3.8, 4) is 0 Å². The second-order valence-corrected chi connectivity index (χ2v) is 5.99. The van der Waals surface area contributed by atoms with Gasteiger partial charge in [-0.2, -0.15) is 0 Å². The van der Waals surface area contributed by atoms with Crippen molar-refractivity contribution >= 4 is 23.1 Å². The van der Waals surface area contributed by atoms with Gasteiger partial charge in [-0.05, 0) is 19.4 Å². The first-order chi connectivity index (χ1) is 8.84. The van der Waals surface area contributed by atoms with Gasteiger partial charge in [-0.1, -0.05) is 22.5 Å². The van der Waals surface area contributed by atoms with Crippen LogP contribution in [0.1, 0.15) is 25.0 Å². The highest BCUT2D eigenvalue weighted by Gasteiger charge is 2.34. The summed E-state index contributed by atoms with van der Waals surface area (Å²) in [5.41, 5.74) is 0.867. The number of hydrogen-bond donors (Lipinski definition) is 0. The molecule has 0 radical (unpaired) electrons. The van der Waals surface area contributed by atoms with E-state index in [-0.39, 0.29) is 6.29 Å². The first-order valence-corrected chi connectivity index (χ1v) is 7.44. The number of aromatic nitrogens is 2. The van der Waals surface area contributed by atoms with Gasteiger partial charge in [-0.25, -0.2) is 0 Å². The second kappa shape index (κ2) is 5.79. The molecular weight excluding hydrogens is 274 g/mol. The Hall–Kier alpha value is -0.270. The third-order valence-electron chi connectivity index (χ3n) is 3.49. The van der Waals surface area contributed by atoms with Crippen molar-refractivity contribution < 1.29 is 9.47 Å². The zero-order valence-corrected chi connectivity index (χ0v) is 11.6. The molecule has 2 fully saturated rings. The molecule has 0 N–H and O–H groups in total. The van der Waals surface area contributed by atoms with E-state index in [0.717, 1.165) is 25.2 Å². The van der Waals surface area contributed by atoms with Crippen LogP contribution >= 0.6 is 23.1 Å². The van der Waals surface area contributed by atoms with Gasteiger partial charge >= 0.3 is 0 Å². The van der Waals surface area contributed by atoms with Crippen LogP contribution in [0.5, 0.6) is 0 Å². The maximum atomic E-state index is 6.07. The normalized spacial score (nSPS) is 26.8. The molecule has 2 aliphatic rings. The van der Waals surface area contributed by atoms with Gasteiger partial charge in [-0.3, -0.25) is 4.90 Å². The first kappa shape index (κ1) is 12.7. The lowest BCUT2D eigenvalue weighted by molar-refractivity contribution is -0.111. The van der Waals surface area contributed by atoms with Crippen LogP contribution in [0.15, 0.2) is 0 Å². The summed E-state index contributed by atoms with van der Waals surface area (Å²) < 4.78 is 15.9. The average Bonchev–Trinajstić information content (AvgIpc) is 3.03. The quantitative estimate of drug-likeness (QED) is 0.851. The third-order valence-corrected chi connectivity index (χ3v) is 4.47. The molecule has 0 aromatic carbocycles. The van der Waals surface area contributed by atoms with Crippen LogP contribution in [0.3, 0.4) is 0 Å². The zero-order chi connectivity index (χ0) is 12.4. The predicted molar refractivity (Wildman–Crippen MR) is 68.7 cm³/mol. The van der Waals surface area contributed by atoms with E-state index in [9.17, 15) is 0 Å². The molecule has 3 heterocycles. The number of piperidine rings is 1. The fourth-order valence-electron chi connectivity index (χ4n) is 2.60. The fraction of sp³-hybridized carbons (Fsp3) is 0.818. The number of hydrogen-bond acceptors (Lipinski definition) is 6. The standard InChI is InChI=1S/C11H16ClN3O2S/c12-10-8(13-14-18-10)7-15-4-2-1-3-9(15)11-16-5-6-17-11/h9,11H,1-7H2/t9-/m1/s1. The van der Waals surface area contributed by atoms with Crippen LogP contribution in [0.4, 0.5) is 0 Å². The van der Waals surface area contributed by atoms with Gasteiger partial charge in [0.05, 0.1) is 19.3 Å². The Kier molecular flexibility index (Phi) is 4.10. The maximum Gasteiger partial charge on any atom is 0.173 e. The molecule has 2 saturated heterocycles. The molecule has 7 heteroatoms. The van der Waals surface area contributed by atoms with Crippen molar-refractivity contribution in [2.45, 2.75) is 38.1 Å². The molecule has 1 aromatic heterocycles. The number of halogens is 1. The van der Waals surface area contributed by atoms with E-state index in [4.69, 9.17) is 21.1 Å². The van der Waals surface area contributed by atoms with Gasteiger partial charge in [0.1, 0.15) is 10.0 Å². The molecule has 1 aromatic rings. The highest BCUT2D eigenvalue weighted by atomic mass is 35.5. The lowest BCUT2D eigenvalue weighted by atomic mass is 10.0. The van der Waals surface area contributed by atoms with Crippen LogP contribution < -0.4 is 0 Å². The van der Waals surface area contributed by atoms with Gasteiger partial charge in [0.2, 0.25) is 0 Å². The van der Waals surface area contributed by atoms with Gasteiger partial charge in [0.25, 0.3) is 0 Å². The Bertz CT molecular complexity index is 397. The summed E-state index contributed by atoms with van der Waals surface area (Å²) in [7, 11) is 0. The molecule has 18 heavy (non-hydrogen) atoms. The summed E-state index contributed by atoms with van der Waals surface area (Å²) in [6.45, 7) is 3.19. The summed E-state index contributed by atoms with van der Waals surface area (Å²) in [5.74, 6) is 0. The summed E-state index contributed by atoms with van der Waals surface area (Å²) in [6.07, 6.45) is 3.46. The highest BCUT2D eigenvalue weighted by Crippen LogP contribution is 2.27. The predicted octanol–water partition coefficient (Wildman–Crippen LogP) is 1.92. The minimum atomic E-state index is -0.0873. The second-order valence-electron chi connectivity index (χ2n) is 4.64. The third kappa shape index (κ3) is 2.67. The molecule has 100 valence electrons. The maximum absolute atomic E-state index is 6.07. The Morgan fingerprint density at radius 1 is 1.33 bits per heavy atom. The van der Waals surface area contributed by atoms with E-state index in [1.807, 2.05) is 0 Å². The molecule has 0 unspecified atom stereocenters. The monoisotopic (exact) mass is 289 g/mol. The van der Waals surface area contributed by atoms with Crippen LogP contribution in [-0.4, -0.2) is 46.6 Å². The van der Waals surface area contributed by atoms with E-state index >= 15 is 0 Å². The lowest BCUT2D eigenvalue weighted by Gasteiger charge is -2.37. The fourth-order valence-corrected chi connectivity index (χ4v) is 3.22. The Morgan fingerprint density at radius 2 is 2.17 bits per heavy atom. The molecule has 0 bridgehead atoms. The van der Waals surface area contributed by atoms with Crippen LogP contribution in [0.25, 0.3) is 0 Å². The molecule has 2 aliphatic heterocycles. The van der Waals surface area contributed by atoms with Crippen molar-refractivity contribution in [3.05, 3.63) is 10.0 Å². The molecule has 0 aliphatic carbocycles. The molecule has 3 rings (SSSR count). The van der Waals surface area contributed by atoms with Crippen LogP contribution in [0.2, 0.25) is 4.34 Å². The van der Waals surface area contributed by atoms with E-state index < -0.39 is 0 Å². The summed E-state index contributed by atoms with van der Waals surface area (Å²) in [4.78, 5) is 2.36. The van der Waals surface area contributed by atoms with Crippen molar-refractivity contribution in [1.29, 1.82) is 0 Å². The molecule has 1 atom stereocenters. The zero-order valence-electron chi connectivity index (χ0n) is 10.0. The van der Waals surface area contributed by atoms with Crippen LogP contribution in [-0.2, 0) is 16.0 Å². The van der Waals surface area contributed by atoms with E-state index in [2.05, 4.69) is 14.5 Å². The van der Waals surface area contributed by atoms with E-state index in [1.54, 1.807) is 0 Å². The van der Waals surface area contributed by atoms with E-state index in [0.29, 0.717) is 23.6 Å². The number of nitrogens with zero attached hydrogens (tertiary/aromatic N) is 3. The molecular formula is C11H16ClN3O2S. The number of ether oxygens (including phenoxy) is 2. The lowest BCUT2D eigenvalue weighted by Crippen LogP contribution is -2.46. The topological polar surface area (TPSA) is 47.5 Å². The molecule has 0 saturated carbocycles. The van der Waals surface area contributed by atoms with Crippen LogP contribution in [0, 0.1) is 0 Å². The molecule has 5 nitrogen and oxygen atoms in total. The molecule has 0 amide bonds. The number of likely N-dealkylation sites (tertiary alicyclic amines) is 1. The molecule has 0 spiro atoms. The van der Waals surface area contributed by atoms with Gasteiger partial charge in [-0.15, -0.1) is 5.10 Å². The largest absolute Gasteiger partial charge is 0.349 e. The van der Waals surface area contributed by atoms with Crippen molar-refractivity contribution in [3.63, 3.8) is 0 Å². The van der Waals surface area contributed by atoms with Gasteiger partial charge in [0.15, 0.2) is 6.29 Å². The van der Waals surface area contributed by atoms with Gasteiger partial charge < -0.3 is 9.47 Å². The SMILES string of the molecule is Clc1snnc1CN1CCCC[C@@H]1C1OCCO1. The minimum Gasteiger partial charge on any atom is -0.349 e. The van der Waals surface area contributed by atoms with Crippen molar-refractivity contribution in [2.24, 2.45) is 0 Å². The minimum absolute atomic E-state index is 0.0873. The summed E-state index contributed by atoms with van der Waals surface area (Å²) in [5, 5.41) is 4.08. The van der Waals surface area contributed by atoms with Crippen molar-refractivity contribution in [2.75, 3.05) is 19.8 Å². The Morgan fingerprint density at radius 3 is 2.89 bits per heavy atom. The highest BCUT2D eigenvalue weighted by molar-refractivity contribution is 7.10. The Balaban J connectivity index is 1.69. The Labute approximate surface area is 115 Å². The number of rotatable bonds is 3.